The van der Waals surface area contributed by atoms with Crippen LogP contribution in [0.5, 0.6) is 0 Å². The lowest BCUT2D eigenvalue weighted by Crippen LogP contribution is -2.52. The average molecular weight is 254 g/mol. The molecule has 0 N–H and O–H groups in total. The molecule has 1 atom stereocenters. The third kappa shape index (κ3) is 1.89. The normalized spacial score (nSPS) is 26.6. The zero-order chi connectivity index (χ0) is 12.7. The van der Waals surface area contributed by atoms with E-state index in [-0.39, 0.29) is 17.6 Å². The fourth-order valence-corrected chi connectivity index (χ4v) is 4.41. The van der Waals surface area contributed by atoms with Crippen LogP contribution in [0.1, 0.15) is 38.0 Å². The smallest absolute Gasteiger partial charge is 0.156 e. The minimum absolute atomic E-state index is 0.0108. The lowest BCUT2D eigenvalue weighted by atomic mass is 9.94. The van der Waals surface area contributed by atoms with Gasteiger partial charge in [0.25, 0.3) is 0 Å². The predicted octanol–water partition coefficient (Wildman–Crippen LogP) is 2.43. The van der Waals surface area contributed by atoms with Crippen molar-refractivity contribution in [1.82, 2.24) is 0 Å². The van der Waals surface area contributed by atoms with Gasteiger partial charge in [0, 0.05) is 0 Å². The van der Waals surface area contributed by atoms with Crippen molar-refractivity contribution in [1.29, 1.82) is 0 Å². The zero-order valence-electron chi connectivity index (χ0n) is 10.4. The van der Waals surface area contributed by atoms with E-state index in [9.17, 15) is 8.42 Å². The van der Waals surface area contributed by atoms with Crippen LogP contribution >= 0.6 is 0 Å². The summed E-state index contributed by atoms with van der Waals surface area (Å²) in [6.07, 6.45) is 0.0108. The Morgan fingerprint density at radius 1 is 1.24 bits per heavy atom. The molecule has 0 amide bonds. The van der Waals surface area contributed by atoms with Crippen molar-refractivity contribution in [3.8, 4) is 0 Å². The maximum Gasteiger partial charge on any atom is 0.156 e. The molecule has 1 spiro atoms. The van der Waals surface area contributed by atoms with Crippen LogP contribution in [0.3, 0.4) is 0 Å². The van der Waals surface area contributed by atoms with Gasteiger partial charge in [0.15, 0.2) is 9.84 Å². The van der Waals surface area contributed by atoms with Crippen LogP contribution < -0.4 is 0 Å². The van der Waals surface area contributed by atoms with Crippen molar-refractivity contribution in [2.24, 2.45) is 0 Å². The molecule has 2 heterocycles. The molecule has 1 saturated heterocycles. The molecule has 17 heavy (non-hydrogen) atoms. The van der Waals surface area contributed by atoms with Gasteiger partial charge in [0.2, 0.25) is 0 Å². The van der Waals surface area contributed by atoms with E-state index in [1.165, 1.54) is 0 Å². The summed E-state index contributed by atoms with van der Waals surface area (Å²) in [5, 5.41) is 0. The maximum absolute atomic E-state index is 11.3. The van der Waals surface area contributed by atoms with Crippen molar-refractivity contribution < 1.29 is 13.2 Å². The topological polar surface area (TPSA) is 43.4 Å². The van der Waals surface area contributed by atoms with Crippen LogP contribution in [0, 0.1) is 0 Å². The first kappa shape index (κ1) is 12.6. The third-order valence-corrected chi connectivity index (χ3v) is 5.01. The highest BCUT2D eigenvalue weighted by Gasteiger charge is 2.56. The van der Waals surface area contributed by atoms with E-state index >= 15 is 0 Å². The van der Waals surface area contributed by atoms with Gasteiger partial charge in [0.1, 0.15) is 5.60 Å². The molecule has 2 aliphatic rings. The molecule has 0 saturated carbocycles. The standard InChI is InChI=1S/C11H12O3S.C2H6/c1-8-9-4-2-3-5-10(9)11(14-8)6-15(12,13)7-11;1-2/h2-5,8H,6-7H2,1H3;1-2H3. The van der Waals surface area contributed by atoms with E-state index in [1.54, 1.807) is 0 Å². The fraction of sp³-hybridized carbons (Fsp3) is 0.538. The summed E-state index contributed by atoms with van der Waals surface area (Å²) in [5.41, 5.74) is 1.66. The Kier molecular flexibility index (Phi) is 3.04. The monoisotopic (exact) mass is 254 g/mol. The number of sulfone groups is 1. The second-order valence-corrected chi connectivity index (χ2v) is 6.44. The van der Waals surface area contributed by atoms with Crippen molar-refractivity contribution in [3.63, 3.8) is 0 Å². The minimum Gasteiger partial charge on any atom is -0.361 e. The van der Waals surface area contributed by atoms with Crippen LogP contribution in [0.4, 0.5) is 0 Å². The molecule has 0 radical (unpaired) electrons. The number of rotatable bonds is 0. The molecular formula is C13H18O3S. The van der Waals surface area contributed by atoms with Crippen molar-refractivity contribution in [2.75, 3.05) is 11.5 Å². The summed E-state index contributed by atoms with van der Waals surface area (Å²) >= 11 is 0. The molecule has 1 unspecified atom stereocenters. The van der Waals surface area contributed by atoms with Crippen molar-refractivity contribution in [3.05, 3.63) is 35.4 Å². The summed E-state index contributed by atoms with van der Waals surface area (Å²) in [6.45, 7) is 5.97. The maximum atomic E-state index is 11.3. The number of benzene rings is 1. The fourth-order valence-electron chi connectivity index (χ4n) is 2.62. The molecule has 1 aromatic carbocycles. The summed E-state index contributed by atoms with van der Waals surface area (Å²) in [7, 11) is -2.86. The van der Waals surface area contributed by atoms with Gasteiger partial charge in [-0.2, -0.15) is 0 Å². The molecule has 94 valence electrons. The lowest BCUT2D eigenvalue weighted by molar-refractivity contribution is -0.0484. The Hall–Kier alpha value is -0.870. The molecule has 2 aliphatic heterocycles. The summed E-state index contributed by atoms with van der Waals surface area (Å²) < 4.78 is 28.4. The Morgan fingerprint density at radius 2 is 1.82 bits per heavy atom. The molecule has 1 fully saturated rings. The first-order chi connectivity index (χ1) is 8.03. The first-order valence-corrected chi connectivity index (χ1v) is 7.82. The minimum atomic E-state index is -2.86. The van der Waals surface area contributed by atoms with Crippen LogP contribution in [-0.4, -0.2) is 19.9 Å². The largest absolute Gasteiger partial charge is 0.361 e. The van der Waals surface area contributed by atoms with Gasteiger partial charge >= 0.3 is 0 Å². The van der Waals surface area contributed by atoms with Crippen LogP contribution in [0.25, 0.3) is 0 Å². The average Bonchev–Trinajstić information content (AvgIpc) is 2.55. The second kappa shape index (κ2) is 4.10. The quantitative estimate of drug-likeness (QED) is 0.714. The number of ether oxygens (including phenoxy) is 1. The van der Waals surface area contributed by atoms with Crippen molar-refractivity contribution in [2.45, 2.75) is 32.5 Å². The molecule has 1 aromatic rings. The zero-order valence-corrected chi connectivity index (χ0v) is 11.3. The van der Waals surface area contributed by atoms with Gasteiger partial charge in [-0.05, 0) is 18.1 Å². The Morgan fingerprint density at radius 3 is 2.41 bits per heavy atom. The highest BCUT2D eigenvalue weighted by molar-refractivity contribution is 7.93. The first-order valence-electron chi connectivity index (χ1n) is 6.00. The molecule has 0 aliphatic carbocycles. The molecule has 3 rings (SSSR count). The molecule has 0 bridgehead atoms. The number of hydrogen-bond donors (Lipinski definition) is 0. The highest BCUT2D eigenvalue weighted by atomic mass is 32.2. The van der Waals surface area contributed by atoms with Gasteiger partial charge in [-0.1, -0.05) is 38.1 Å². The Labute approximate surface area is 103 Å². The van der Waals surface area contributed by atoms with Crippen LogP contribution in [0.15, 0.2) is 24.3 Å². The third-order valence-electron chi connectivity index (χ3n) is 3.20. The van der Waals surface area contributed by atoms with Gasteiger partial charge in [-0.3, -0.25) is 0 Å². The summed E-state index contributed by atoms with van der Waals surface area (Å²) in [6, 6.07) is 7.89. The van der Waals surface area contributed by atoms with Crippen molar-refractivity contribution >= 4 is 9.84 Å². The molecule has 0 aromatic heterocycles. The van der Waals surface area contributed by atoms with E-state index in [0.717, 1.165) is 11.1 Å². The van der Waals surface area contributed by atoms with Gasteiger partial charge in [-0.15, -0.1) is 0 Å². The van der Waals surface area contributed by atoms with E-state index < -0.39 is 15.4 Å². The van der Waals surface area contributed by atoms with Gasteiger partial charge in [0.05, 0.1) is 17.6 Å². The molecule has 3 nitrogen and oxygen atoms in total. The van der Waals surface area contributed by atoms with E-state index in [4.69, 9.17) is 4.74 Å². The van der Waals surface area contributed by atoms with Crippen LogP contribution in [-0.2, 0) is 20.2 Å². The van der Waals surface area contributed by atoms with E-state index in [2.05, 4.69) is 0 Å². The second-order valence-electron chi connectivity index (χ2n) is 4.37. The summed E-state index contributed by atoms with van der Waals surface area (Å²) in [4.78, 5) is 0. The Bertz CT molecular complexity index is 507. The Balaban J connectivity index is 0.000000514. The molecular weight excluding hydrogens is 236 g/mol. The van der Waals surface area contributed by atoms with Gasteiger partial charge < -0.3 is 4.74 Å². The highest BCUT2D eigenvalue weighted by Crippen LogP contribution is 2.49. The predicted molar refractivity (Wildman–Crippen MR) is 67.6 cm³/mol. The number of hydrogen-bond acceptors (Lipinski definition) is 3. The van der Waals surface area contributed by atoms with E-state index in [0.29, 0.717) is 0 Å². The number of fused-ring (bicyclic) bond motifs is 2. The van der Waals surface area contributed by atoms with E-state index in [1.807, 2.05) is 45.0 Å². The lowest BCUT2D eigenvalue weighted by Gasteiger charge is -2.37. The SMILES string of the molecule is CC.CC1OC2(CS(=O)(=O)C2)c2ccccc21. The summed E-state index contributed by atoms with van der Waals surface area (Å²) in [5.74, 6) is 0.280. The van der Waals surface area contributed by atoms with Gasteiger partial charge in [-0.25, -0.2) is 8.42 Å². The van der Waals surface area contributed by atoms with Crippen LogP contribution in [0.2, 0.25) is 0 Å². The molecule has 4 heteroatoms.